The standard InChI is InChI=1S/C10H18N4O/c1-8(6-11)3-4-9(15)5-10-12-7-13-14(10)2/h7-8H,3-6,11H2,1-2H3. The van der Waals surface area contributed by atoms with Crippen LogP contribution in [0.1, 0.15) is 25.6 Å². The van der Waals surface area contributed by atoms with Crippen LogP contribution in [0.15, 0.2) is 6.33 Å². The van der Waals surface area contributed by atoms with Crippen LogP contribution in [0, 0.1) is 5.92 Å². The molecule has 0 aromatic carbocycles. The zero-order chi connectivity index (χ0) is 11.3. The molecule has 0 aliphatic rings. The minimum atomic E-state index is 0.200. The molecule has 0 aliphatic carbocycles. The van der Waals surface area contributed by atoms with Crippen molar-refractivity contribution in [3.63, 3.8) is 0 Å². The van der Waals surface area contributed by atoms with E-state index in [1.165, 1.54) is 6.33 Å². The van der Waals surface area contributed by atoms with Crippen LogP contribution in [-0.2, 0) is 18.3 Å². The number of rotatable bonds is 6. The number of carbonyl (C=O) groups excluding carboxylic acids is 1. The Hall–Kier alpha value is -1.23. The number of aryl methyl sites for hydroxylation is 1. The van der Waals surface area contributed by atoms with Crippen molar-refractivity contribution in [3.05, 3.63) is 12.2 Å². The highest BCUT2D eigenvalue weighted by molar-refractivity contribution is 5.80. The second kappa shape index (κ2) is 5.60. The number of hydrogen-bond acceptors (Lipinski definition) is 4. The average molecular weight is 210 g/mol. The van der Waals surface area contributed by atoms with Crippen molar-refractivity contribution in [1.29, 1.82) is 0 Å². The average Bonchev–Trinajstić information content (AvgIpc) is 2.61. The van der Waals surface area contributed by atoms with Gasteiger partial charge in [0.15, 0.2) is 0 Å². The van der Waals surface area contributed by atoms with Crippen molar-refractivity contribution >= 4 is 5.78 Å². The molecule has 1 aromatic rings. The van der Waals surface area contributed by atoms with Crippen LogP contribution in [0.5, 0.6) is 0 Å². The van der Waals surface area contributed by atoms with Gasteiger partial charge in [-0.05, 0) is 18.9 Å². The molecule has 0 aliphatic heterocycles. The van der Waals surface area contributed by atoms with Gasteiger partial charge in [0, 0.05) is 13.5 Å². The van der Waals surface area contributed by atoms with Gasteiger partial charge >= 0.3 is 0 Å². The van der Waals surface area contributed by atoms with Crippen molar-refractivity contribution in [2.75, 3.05) is 6.54 Å². The maximum Gasteiger partial charge on any atom is 0.140 e. The van der Waals surface area contributed by atoms with Gasteiger partial charge in [-0.1, -0.05) is 6.92 Å². The van der Waals surface area contributed by atoms with Gasteiger partial charge in [-0.15, -0.1) is 0 Å². The molecule has 2 N–H and O–H groups in total. The van der Waals surface area contributed by atoms with Crippen LogP contribution in [0.2, 0.25) is 0 Å². The smallest absolute Gasteiger partial charge is 0.140 e. The third-order valence-electron chi connectivity index (χ3n) is 2.48. The first-order valence-corrected chi connectivity index (χ1v) is 5.18. The molecule has 5 nitrogen and oxygen atoms in total. The summed E-state index contributed by atoms with van der Waals surface area (Å²) < 4.78 is 1.63. The normalized spacial score (nSPS) is 12.7. The summed E-state index contributed by atoms with van der Waals surface area (Å²) >= 11 is 0. The highest BCUT2D eigenvalue weighted by Gasteiger charge is 2.09. The number of nitrogens with zero attached hydrogens (tertiary/aromatic N) is 3. The lowest BCUT2D eigenvalue weighted by atomic mass is 10.0. The van der Waals surface area contributed by atoms with Crippen LogP contribution < -0.4 is 5.73 Å². The first-order chi connectivity index (χ1) is 7.13. The van der Waals surface area contributed by atoms with Gasteiger partial charge in [-0.3, -0.25) is 9.48 Å². The van der Waals surface area contributed by atoms with E-state index in [-0.39, 0.29) is 5.78 Å². The van der Waals surface area contributed by atoms with E-state index in [0.29, 0.717) is 25.3 Å². The number of Topliss-reactive ketones (excluding diaryl/α,β-unsaturated/α-hetero) is 1. The highest BCUT2D eigenvalue weighted by atomic mass is 16.1. The molecule has 1 atom stereocenters. The lowest BCUT2D eigenvalue weighted by Crippen LogP contribution is -2.14. The van der Waals surface area contributed by atoms with E-state index in [4.69, 9.17) is 5.73 Å². The Bertz CT molecular complexity index is 321. The van der Waals surface area contributed by atoms with Crippen molar-refractivity contribution in [3.8, 4) is 0 Å². The number of ketones is 1. The minimum Gasteiger partial charge on any atom is -0.330 e. The fourth-order valence-electron chi connectivity index (χ4n) is 1.27. The third-order valence-corrected chi connectivity index (χ3v) is 2.48. The molecule has 0 amide bonds. The summed E-state index contributed by atoms with van der Waals surface area (Å²) in [6, 6.07) is 0. The molecule has 5 heteroatoms. The summed E-state index contributed by atoms with van der Waals surface area (Å²) in [5, 5.41) is 3.91. The predicted molar refractivity (Wildman–Crippen MR) is 57.2 cm³/mol. The summed E-state index contributed by atoms with van der Waals surface area (Å²) in [7, 11) is 1.79. The Balaban J connectivity index is 2.34. The van der Waals surface area contributed by atoms with Gasteiger partial charge in [0.2, 0.25) is 0 Å². The van der Waals surface area contributed by atoms with Crippen LogP contribution in [-0.4, -0.2) is 27.1 Å². The Morgan fingerprint density at radius 1 is 1.67 bits per heavy atom. The topological polar surface area (TPSA) is 73.8 Å². The van der Waals surface area contributed by atoms with Crippen molar-refractivity contribution in [2.24, 2.45) is 18.7 Å². The summed E-state index contributed by atoms with van der Waals surface area (Å²) in [5.74, 6) is 1.33. The molecule has 1 rings (SSSR count). The Morgan fingerprint density at radius 2 is 2.40 bits per heavy atom. The second-order valence-corrected chi connectivity index (χ2v) is 3.89. The van der Waals surface area contributed by atoms with E-state index in [1.807, 2.05) is 0 Å². The van der Waals surface area contributed by atoms with E-state index in [0.717, 1.165) is 12.2 Å². The van der Waals surface area contributed by atoms with E-state index >= 15 is 0 Å². The lowest BCUT2D eigenvalue weighted by molar-refractivity contribution is -0.118. The molecule has 0 saturated heterocycles. The predicted octanol–water partition coefficient (Wildman–Crippen LogP) is 0.302. The molecule has 84 valence electrons. The van der Waals surface area contributed by atoms with Gasteiger partial charge < -0.3 is 5.73 Å². The molecular formula is C10H18N4O. The molecule has 1 aromatic heterocycles. The summed E-state index contributed by atoms with van der Waals surface area (Å²) in [4.78, 5) is 15.6. The fourth-order valence-corrected chi connectivity index (χ4v) is 1.27. The van der Waals surface area contributed by atoms with Crippen LogP contribution in [0.25, 0.3) is 0 Å². The van der Waals surface area contributed by atoms with Gasteiger partial charge in [0.25, 0.3) is 0 Å². The van der Waals surface area contributed by atoms with Crippen molar-refractivity contribution in [2.45, 2.75) is 26.2 Å². The van der Waals surface area contributed by atoms with Gasteiger partial charge in [-0.2, -0.15) is 5.10 Å². The third kappa shape index (κ3) is 3.79. The molecule has 1 heterocycles. The SMILES string of the molecule is CC(CN)CCC(=O)Cc1ncnn1C. The van der Waals surface area contributed by atoms with E-state index in [1.54, 1.807) is 11.7 Å². The fraction of sp³-hybridized carbons (Fsp3) is 0.700. The molecule has 1 unspecified atom stereocenters. The molecule has 0 bridgehead atoms. The summed E-state index contributed by atoms with van der Waals surface area (Å²) in [5.41, 5.74) is 5.48. The zero-order valence-corrected chi connectivity index (χ0v) is 9.31. The van der Waals surface area contributed by atoms with Crippen LogP contribution >= 0.6 is 0 Å². The van der Waals surface area contributed by atoms with Crippen LogP contribution in [0.4, 0.5) is 0 Å². The lowest BCUT2D eigenvalue weighted by Gasteiger charge is -2.06. The van der Waals surface area contributed by atoms with Crippen LogP contribution in [0.3, 0.4) is 0 Å². The highest BCUT2D eigenvalue weighted by Crippen LogP contribution is 2.06. The second-order valence-electron chi connectivity index (χ2n) is 3.89. The number of hydrogen-bond donors (Lipinski definition) is 1. The Morgan fingerprint density at radius 3 is 2.93 bits per heavy atom. The quantitative estimate of drug-likeness (QED) is 0.733. The van der Waals surface area contributed by atoms with Gasteiger partial charge in [0.1, 0.15) is 17.9 Å². The van der Waals surface area contributed by atoms with Gasteiger partial charge in [0.05, 0.1) is 6.42 Å². The molecule has 15 heavy (non-hydrogen) atoms. The maximum atomic E-state index is 11.6. The Kier molecular flexibility index (Phi) is 4.42. The van der Waals surface area contributed by atoms with Crippen molar-refractivity contribution in [1.82, 2.24) is 14.8 Å². The number of carbonyl (C=O) groups is 1. The molecule has 0 fully saturated rings. The van der Waals surface area contributed by atoms with E-state index < -0.39 is 0 Å². The molecule has 0 radical (unpaired) electrons. The largest absolute Gasteiger partial charge is 0.330 e. The van der Waals surface area contributed by atoms with Crippen molar-refractivity contribution < 1.29 is 4.79 Å². The summed E-state index contributed by atoms with van der Waals surface area (Å²) in [6.07, 6.45) is 3.26. The number of aromatic nitrogens is 3. The number of nitrogens with two attached hydrogens (primary N) is 1. The first-order valence-electron chi connectivity index (χ1n) is 5.18. The Labute approximate surface area is 89.7 Å². The minimum absolute atomic E-state index is 0.200. The van der Waals surface area contributed by atoms with E-state index in [2.05, 4.69) is 17.0 Å². The monoisotopic (exact) mass is 210 g/mol. The first kappa shape index (κ1) is 11.8. The maximum absolute atomic E-state index is 11.6. The zero-order valence-electron chi connectivity index (χ0n) is 9.31. The molecule has 0 saturated carbocycles. The summed E-state index contributed by atoms with van der Waals surface area (Å²) in [6.45, 7) is 2.69. The molecule has 0 spiro atoms. The van der Waals surface area contributed by atoms with Gasteiger partial charge in [-0.25, -0.2) is 4.98 Å². The van der Waals surface area contributed by atoms with E-state index in [9.17, 15) is 4.79 Å². The molecular weight excluding hydrogens is 192 g/mol.